The molecule has 3 aliphatic rings. The molecule has 0 aromatic heterocycles. The van der Waals surface area contributed by atoms with Crippen LogP contribution in [0.5, 0.6) is 17.2 Å². The van der Waals surface area contributed by atoms with Crippen LogP contribution >= 0.6 is 11.8 Å². The number of nitro groups is 1. The van der Waals surface area contributed by atoms with Crippen molar-refractivity contribution in [1.29, 1.82) is 0 Å². The van der Waals surface area contributed by atoms with Gasteiger partial charge >= 0.3 is 0 Å². The molecule has 69 heavy (non-hydrogen) atoms. The van der Waals surface area contributed by atoms with E-state index in [-0.39, 0.29) is 82.7 Å². The molecule has 4 aromatic rings. The lowest BCUT2D eigenvalue weighted by Crippen LogP contribution is -2.70. The summed E-state index contributed by atoms with van der Waals surface area (Å²) >= 11 is 1.65. The Morgan fingerprint density at radius 2 is 1.68 bits per heavy atom. The first-order valence-electron chi connectivity index (χ1n) is 23.7. The normalized spacial score (nSPS) is 22.0. The Morgan fingerprint density at radius 1 is 0.942 bits per heavy atom. The Labute approximate surface area is 408 Å². The van der Waals surface area contributed by atoms with E-state index in [1.807, 2.05) is 73.0 Å². The number of ether oxygens (including phenoxy) is 4. The average Bonchev–Trinajstić information content (AvgIpc) is 3.37. The topological polar surface area (TPSA) is 183 Å². The summed E-state index contributed by atoms with van der Waals surface area (Å²) in [4.78, 5) is 35.0. The summed E-state index contributed by atoms with van der Waals surface area (Å²) in [7, 11) is 0. The quantitative estimate of drug-likeness (QED) is 0.0136. The summed E-state index contributed by atoms with van der Waals surface area (Å²) in [5, 5.41) is 46.1. The third-order valence-corrected chi connectivity index (χ3v) is 13.8. The van der Waals surface area contributed by atoms with Crippen LogP contribution in [0.2, 0.25) is 0 Å². The van der Waals surface area contributed by atoms with E-state index < -0.39 is 28.6 Å². The number of hydrogen-bond acceptors (Lipinski definition) is 13. The Kier molecular flexibility index (Phi) is 18.6. The number of non-ortho nitro benzene ring substituents is 1. The van der Waals surface area contributed by atoms with Crippen LogP contribution in [-0.4, -0.2) is 101 Å². The van der Waals surface area contributed by atoms with Gasteiger partial charge in [-0.25, -0.2) is 0 Å². The van der Waals surface area contributed by atoms with Crippen molar-refractivity contribution >= 4 is 35.1 Å². The molecule has 15 heteroatoms. The summed E-state index contributed by atoms with van der Waals surface area (Å²) < 4.78 is 26.9. The van der Waals surface area contributed by atoms with Crippen LogP contribution < -0.4 is 9.47 Å². The number of allylic oxidation sites excluding steroid dienone is 1. The van der Waals surface area contributed by atoms with Crippen molar-refractivity contribution in [2.24, 2.45) is 22.9 Å². The largest absolute Gasteiger partial charge is 0.459 e. The van der Waals surface area contributed by atoms with Crippen LogP contribution in [0.3, 0.4) is 0 Å². The molecule has 0 saturated heterocycles. The summed E-state index contributed by atoms with van der Waals surface area (Å²) in [6.45, 7) is 4.44. The van der Waals surface area contributed by atoms with Crippen molar-refractivity contribution in [3.05, 3.63) is 154 Å². The maximum atomic E-state index is 15.0. The number of unbranched alkanes of at least 4 members (excludes halogenated alkanes) is 2. The number of nitro benzene ring substituents is 1. The molecule has 6 unspecified atom stereocenters. The van der Waals surface area contributed by atoms with E-state index in [1.54, 1.807) is 40.9 Å². The number of fused-ring (bicyclic) bond motifs is 2. The maximum Gasteiger partial charge on any atom is 0.269 e. The summed E-state index contributed by atoms with van der Waals surface area (Å²) in [5.74, 6) is -0.919. The second-order valence-corrected chi connectivity index (χ2v) is 18.2. The van der Waals surface area contributed by atoms with Gasteiger partial charge in [0, 0.05) is 60.8 Å². The van der Waals surface area contributed by atoms with Crippen LogP contribution in [0, 0.1) is 27.9 Å². The lowest BCUT2D eigenvalue weighted by Gasteiger charge is -2.60. The zero-order chi connectivity index (χ0) is 48.6. The van der Waals surface area contributed by atoms with Crippen LogP contribution in [0.4, 0.5) is 5.69 Å². The number of hydrogen-bond donors (Lipinski definition) is 3. The average molecular weight is 962 g/mol. The van der Waals surface area contributed by atoms with Gasteiger partial charge in [0.15, 0.2) is 0 Å². The molecule has 6 atom stereocenters. The van der Waals surface area contributed by atoms with Crippen molar-refractivity contribution in [1.82, 2.24) is 4.90 Å². The maximum absolute atomic E-state index is 15.0. The minimum Gasteiger partial charge on any atom is -0.459 e. The lowest BCUT2D eigenvalue weighted by atomic mass is 9.55. The third kappa shape index (κ3) is 12.5. The number of amides is 1. The van der Waals surface area contributed by atoms with E-state index in [0.717, 1.165) is 47.3 Å². The number of nitrogens with zero attached hydrogens (tertiary/aromatic N) is 3. The van der Waals surface area contributed by atoms with E-state index in [4.69, 9.17) is 28.9 Å². The minimum absolute atomic E-state index is 0.0150. The predicted octanol–water partition coefficient (Wildman–Crippen LogP) is 9.49. The molecule has 14 nitrogen and oxygen atoms in total. The Balaban J connectivity index is 1.42. The zero-order valence-corrected chi connectivity index (χ0v) is 39.9. The number of thioether (sulfide) groups is 1. The molecule has 1 saturated carbocycles. The minimum atomic E-state index is -1.54. The Morgan fingerprint density at radius 3 is 2.38 bits per heavy atom. The van der Waals surface area contributed by atoms with Crippen molar-refractivity contribution in [2.45, 2.75) is 74.2 Å². The van der Waals surface area contributed by atoms with Gasteiger partial charge in [0.25, 0.3) is 5.69 Å². The van der Waals surface area contributed by atoms with Gasteiger partial charge in [-0.05, 0) is 121 Å². The number of carbonyl (C=O) groups excluding carboxylic acids is 1. The molecule has 1 fully saturated rings. The Hall–Kier alpha value is -5.81. The van der Waals surface area contributed by atoms with Crippen molar-refractivity contribution in [3.8, 4) is 17.2 Å². The number of aliphatic hydroxyl groups is 3. The van der Waals surface area contributed by atoms with E-state index in [2.05, 4.69) is 18.7 Å². The number of oxime groups is 1. The zero-order valence-electron chi connectivity index (χ0n) is 39.1. The molecule has 4 aromatic carbocycles. The highest BCUT2D eigenvalue weighted by atomic mass is 32.2. The summed E-state index contributed by atoms with van der Waals surface area (Å²) in [6, 6.07) is 28.6. The van der Waals surface area contributed by atoms with Gasteiger partial charge in [-0.15, -0.1) is 18.3 Å². The molecule has 1 heterocycles. The molecule has 7 rings (SSSR count). The molecule has 1 amide bonds. The number of aliphatic hydroxyl groups excluding tert-OH is 3. The molecule has 0 radical (unpaired) electrons. The first kappa shape index (κ1) is 51.1. The number of benzene rings is 4. The van der Waals surface area contributed by atoms with Crippen LogP contribution in [-0.2, 0) is 25.7 Å². The van der Waals surface area contributed by atoms with E-state index in [1.165, 1.54) is 18.2 Å². The standard InChI is InChI=1S/C54H63N3O11S/c1-3-31-65-54-50(56(27-32-64-33-30-60)51(61)26-17-38-15-18-41(19-16-38)57(62)63)36-48(55-66-37-39-11-5-4-6-12-39)46-34-40(13-7-9-28-58)45(14-8-10-29-59)52(53(46)54)47-35-43(22-25-49(47)68-54)67-42-20-23-44(69-2)24-21-42/h3-6,11-12,15-26,34-35,40,45,50,52-53,58-60H,1,7-10,13-14,27-33,36-37H2,2H3. The van der Waals surface area contributed by atoms with Crippen LogP contribution in [0.25, 0.3) is 6.08 Å². The molecule has 2 aliphatic carbocycles. The van der Waals surface area contributed by atoms with Crippen molar-refractivity contribution in [3.63, 3.8) is 0 Å². The lowest BCUT2D eigenvalue weighted by molar-refractivity contribution is -0.384. The molecule has 0 spiro atoms. The molecular weight excluding hydrogens is 899 g/mol. The SMILES string of the molecule is C=CCOC12Oc3ccc(Oc4ccc(SC)cc4)cc3C3C(CCCCO)C(CCCCO)C=C(C(=NOCc4ccccc4)CC1N(CCOCCO)C(=O)C=Cc1ccc([N+](=O)[O-])cc1)C32. The van der Waals surface area contributed by atoms with Gasteiger partial charge in [-0.2, -0.15) is 0 Å². The Bertz CT molecular complexity index is 2410. The first-order chi connectivity index (χ1) is 33.7. The van der Waals surface area contributed by atoms with E-state index >= 15 is 0 Å². The molecule has 366 valence electrons. The summed E-state index contributed by atoms with van der Waals surface area (Å²) in [6.07, 6.45) is 13.5. The van der Waals surface area contributed by atoms with Crippen LogP contribution in [0.15, 0.2) is 137 Å². The third-order valence-electron chi connectivity index (χ3n) is 13.1. The monoisotopic (exact) mass is 961 g/mol. The van der Waals surface area contributed by atoms with Crippen molar-refractivity contribution in [2.75, 3.05) is 52.4 Å². The van der Waals surface area contributed by atoms with Crippen molar-refractivity contribution < 1.29 is 48.8 Å². The smallest absolute Gasteiger partial charge is 0.269 e. The predicted molar refractivity (Wildman–Crippen MR) is 266 cm³/mol. The van der Waals surface area contributed by atoms with Gasteiger partial charge in [0.05, 0.1) is 43.0 Å². The van der Waals surface area contributed by atoms with Crippen LogP contribution in [0.1, 0.15) is 67.6 Å². The fourth-order valence-electron chi connectivity index (χ4n) is 9.97. The number of carbonyl (C=O) groups is 1. The highest BCUT2D eigenvalue weighted by Crippen LogP contribution is 2.62. The van der Waals surface area contributed by atoms with Gasteiger partial charge in [0.2, 0.25) is 11.7 Å². The molecule has 1 aliphatic heterocycles. The highest BCUT2D eigenvalue weighted by Gasteiger charge is 2.65. The molecule has 3 N–H and O–H groups in total. The first-order valence-corrected chi connectivity index (χ1v) is 24.9. The molecular formula is C54H63N3O11S. The van der Waals surface area contributed by atoms with E-state index in [9.17, 15) is 30.2 Å². The van der Waals surface area contributed by atoms with Gasteiger partial charge in [-0.1, -0.05) is 60.5 Å². The van der Waals surface area contributed by atoms with E-state index in [0.29, 0.717) is 41.4 Å². The number of rotatable bonds is 26. The fraction of sp³-hybridized carbons (Fsp3) is 0.407. The van der Waals surface area contributed by atoms with Gasteiger partial charge in [-0.3, -0.25) is 14.9 Å². The highest BCUT2D eigenvalue weighted by molar-refractivity contribution is 7.98. The van der Waals surface area contributed by atoms with Gasteiger partial charge < -0.3 is 44.0 Å². The summed E-state index contributed by atoms with van der Waals surface area (Å²) in [5.41, 5.74) is 3.87. The fourth-order valence-corrected chi connectivity index (χ4v) is 10.4. The second-order valence-electron chi connectivity index (χ2n) is 17.4. The van der Waals surface area contributed by atoms with Gasteiger partial charge in [0.1, 0.15) is 29.9 Å². The second kappa shape index (κ2) is 25.2. The molecule has 0 bridgehead atoms.